The van der Waals surface area contributed by atoms with Crippen molar-refractivity contribution >= 4 is 5.91 Å². The molecule has 1 amide bonds. The van der Waals surface area contributed by atoms with Crippen LogP contribution in [0.2, 0.25) is 0 Å². The highest BCUT2D eigenvalue weighted by atomic mass is 16.5. The second-order valence-electron chi connectivity index (χ2n) is 5.32. The Bertz CT molecular complexity index is 466. The molecule has 1 aromatic rings. The van der Waals surface area contributed by atoms with Gasteiger partial charge >= 0.3 is 0 Å². The van der Waals surface area contributed by atoms with Gasteiger partial charge in [0.1, 0.15) is 0 Å². The summed E-state index contributed by atoms with van der Waals surface area (Å²) in [5.41, 5.74) is 0. The lowest BCUT2D eigenvalue weighted by Crippen LogP contribution is -2.41. The molecule has 8 nitrogen and oxygen atoms in total. The summed E-state index contributed by atoms with van der Waals surface area (Å²) in [6.07, 6.45) is 2.06. The highest BCUT2D eigenvalue weighted by molar-refractivity contribution is 5.90. The summed E-state index contributed by atoms with van der Waals surface area (Å²) in [5.74, 6) is 0.336. The maximum Gasteiger partial charge on any atom is 0.292 e. The molecule has 0 radical (unpaired) electrons. The van der Waals surface area contributed by atoms with E-state index in [0.717, 1.165) is 52.2 Å². The molecule has 2 saturated heterocycles. The van der Waals surface area contributed by atoms with Crippen molar-refractivity contribution in [2.75, 3.05) is 45.9 Å². The standard InChI is InChI=1S/C13H21N5O3/c19-12(15-4-5-18-6-8-20-9-7-18)11-16-13(21-17-11)10-2-1-3-14-10/h10,14H,1-9H2,(H,15,19). The first-order chi connectivity index (χ1) is 10.3. The number of hydrogen-bond donors (Lipinski definition) is 2. The van der Waals surface area contributed by atoms with Crippen LogP contribution in [0.5, 0.6) is 0 Å². The molecule has 3 heterocycles. The van der Waals surface area contributed by atoms with Crippen LogP contribution in [-0.2, 0) is 4.74 Å². The number of morpholine rings is 1. The van der Waals surface area contributed by atoms with Crippen LogP contribution in [0.4, 0.5) is 0 Å². The second kappa shape index (κ2) is 6.97. The van der Waals surface area contributed by atoms with Crippen LogP contribution in [0.3, 0.4) is 0 Å². The molecule has 2 aliphatic rings. The van der Waals surface area contributed by atoms with Crippen LogP contribution in [0.15, 0.2) is 4.52 Å². The molecule has 1 atom stereocenters. The van der Waals surface area contributed by atoms with Crippen LogP contribution < -0.4 is 10.6 Å². The minimum Gasteiger partial charge on any atom is -0.379 e. The van der Waals surface area contributed by atoms with E-state index in [1.54, 1.807) is 0 Å². The number of rotatable bonds is 5. The van der Waals surface area contributed by atoms with Crippen molar-refractivity contribution in [3.8, 4) is 0 Å². The molecule has 116 valence electrons. The van der Waals surface area contributed by atoms with E-state index in [9.17, 15) is 4.79 Å². The van der Waals surface area contributed by atoms with E-state index in [0.29, 0.717) is 12.4 Å². The van der Waals surface area contributed by atoms with Gasteiger partial charge in [-0.05, 0) is 19.4 Å². The van der Waals surface area contributed by atoms with Gasteiger partial charge in [0.25, 0.3) is 11.7 Å². The Morgan fingerprint density at radius 2 is 2.29 bits per heavy atom. The normalized spacial score (nSPS) is 23.3. The van der Waals surface area contributed by atoms with Crippen molar-refractivity contribution in [3.05, 3.63) is 11.7 Å². The zero-order valence-electron chi connectivity index (χ0n) is 12.0. The average molecular weight is 295 g/mol. The fourth-order valence-electron chi connectivity index (χ4n) is 2.60. The molecule has 2 aliphatic heterocycles. The summed E-state index contributed by atoms with van der Waals surface area (Å²) in [5, 5.41) is 9.84. The van der Waals surface area contributed by atoms with Crippen molar-refractivity contribution in [1.82, 2.24) is 25.7 Å². The molecule has 1 unspecified atom stereocenters. The van der Waals surface area contributed by atoms with E-state index in [2.05, 4.69) is 25.7 Å². The van der Waals surface area contributed by atoms with E-state index in [1.807, 2.05) is 0 Å². The van der Waals surface area contributed by atoms with E-state index >= 15 is 0 Å². The Morgan fingerprint density at radius 1 is 1.43 bits per heavy atom. The lowest BCUT2D eigenvalue weighted by molar-refractivity contribution is 0.0383. The maximum atomic E-state index is 12.0. The molecule has 0 aromatic carbocycles. The van der Waals surface area contributed by atoms with Gasteiger partial charge < -0.3 is 19.9 Å². The van der Waals surface area contributed by atoms with Crippen molar-refractivity contribution in [2.45, 2.75) is 18.9 Å². The predicted molar refractivity (Wildman–Crippen MR) is 73.9 cm³/mol. The number of hydrogen-bond acceptors (Lipinski definition) is 7. The van der Waals surface area contributed by atoms with Crippen molar-refractivity contribution in [3.63, 3.8) is 0 Å². The van der Waals surface area contributed by atoms with Gasteiger partial charge in [-0.3, -0.25) is 9.69 Å². The summed E-state index contributed by atoms with van der Waals surface area (Å²) in [7, 11) is 0. The lowest BCUT2D eigenvalue weighted by atomic mass is 10.2. The quantitative estimate of drug-likeness (QED) is 0.760. The topological polar surface area (TPSA) is 92.5 Å². The van der Waals surface area contributed by atoms with Gasteiger partial charge in [0, 0.05) is 26.2 Å². The van der Waals surface area contributed by atoms with Crippen LogP contribution in [0.1, 0.15) is 35.4 Å². The number of nitrogens with one attached hydrogen (secondary N) is 2. The van der Waals surface area contributed by atoms with E-state index in [-0.39, 0.29) is 17.8 Å². The Balaban J connectivity index is 1.44. The average Bonchev–Trinajstić information content (AvgIpc) is 3.19. The predicted octanol–water partition coefficient (Wildman–Crippen LogP) is -0.444. The van der Waals surface area contributed by atoms with Gasteiger partial charge in [-0.15, -0.1) is 0 Å². The number of amides is 1. The molecular formula is C13H21N5O3. The van der Waals surface area contributed by atoms with E-state index < -0.39 is 0 Å². The first-order valence-corrected chi connectivity index (χ1v) is 7.48. The lowest BCUT2D eigenvalue weighted by Gasteiger charge is -2.26. The van der Waals surface area contributed by atoms with Crippen LogP contribution in [-0.4, -0.2) is 66.9 Å². The Morgan fingerprint density at radius 3 is 3.05 bits per heavy atom. The zero-order valence-corrected chi connectivity index (χ0v) is 12.0. The van der Waals surface area contributed by atoms with E-state index in [4.69, 9.17) is 9.26 Å². The van der Waals surface area contributed by atoms with Crippen LogP contribution >= 0.6 is 0 Å². The Hall–Kier alpha value is -1.51. The first kappa shape index (κ1) is 14.4. The molecule has 2 fully saturated rings. The van der Waals surface area contributed by atoms with Crippen LogP contribution in [0, 0.1) is 0 Å². The summed E-state index contributed by atoms with van der Waals surface area (Å²) in [6.45, 7) is 5.68. The molecule has 1 aromatic heterocycles. The number of nitrogens with zero attached hydrogens (tertiary/aromatic N) is 3. The smallest absolute Gasteiger partial charge is 0.292 e. The molecule has 0 bridgehead atoms. The molecule has 3 rings (SSSR count). The molecule has 0 aliphatic carbocycles. The van der Waals surface area contributed by atoms with Gasteiger partial charge in [-0.2, -0.15) is 4.98 Å². The number of ether oxygens (including phenoxy) is 1. The molecule has 0 saturated carbocycles. The second-order valence-corrected chi connectivity index (χ2v) is 5.32. The van der Waals surface area contributed by atoms with Crippen molar-refractivity contribution < 1.29 is 14.1 Å². The van der Waals surface area contributed by atoms with E-state index in [1.165, 1.54) is 0 Å². The summed E-state index contributed by atoms with van der Waals surface area (Å²) in [6, 6.07) is 0.0902. The SMILES string of the molecule is O=C(NCCN1CCOCC1)c1noc(C2CCCN2)n1. The third kappa shape index (κ3) is 3.78. The Labute approximate surface area is 123 Å². The minimum atomic E-state index is -0.281. The third-order valence-corrected chi connectivity index (χ3v) is 3.82. The summed E-state index contributed by atoms with van der Waals surface area (Å²) >= 11 is 0. The van der Waals surface area contributed by atoms with Gasteiger partial charge in [0.05, 0.1) is 19.3 Å². The number of aromatic nitrogens is 2. The van der Waals surface area contributed by atoms with Gasteiger partial charge in [-0.1, -0.05) is 5.16 Å². The number of carbonyl (C=O) groups is 1. The summed E-state index contributed by atoms with van der Waals surface area (Å²) in [4.78, 5) is 18.4. The first-order valence-electron chi connectivity index (χ1n) is 7.48. The highest BCUT2D eigenvalue weighted by Crippen LogP contribution is 2.20. The minimum absolute atomic E-state index is 0.0902. The molecule has 21 heavy (non-hydrogen) atoms. The fraction of sp³-hybridized carbons (Fsp3) is 0.769. The maximum absolute atomic E-state index is 12.0. The largest absolute Gasteiger partial charge is 0.379 e. The molecular weight excluding hydrogens is 274 g/mol. The monoisotopic (exact) mass is 295 g/mol. The van der Waals surface area contributed by atoms with Crippen molar-refractivity contribution in [2.24, 2.45) is 0 Å². The molecule has 8 heteroatoms. The number of carbonyl (C=O) groups excluding carboxylic acids is 1. The Kier molecular flexibility index (Phi) is 4.79. The fourth-order valence-corrected chi connectivity index (χ4v) is 2.60. The van der Waals surface area contributed by atoms with Crippen LogP contribution in [0.25, 0.3) is 0 Å². The summed E-state index contributed by atoms with van der Waals surface area (Å²) < 4.78 is 10.4. The van der Waals surface area contributed by atoms with Gasteiger partial charge in [-0.25, -0.2) is 0 Å². The highest BCUT2D eigenvalue weighted by Gasteiger charge is 2.24. The molecule has 2 N–H and O–H groups in total. The zero-order chi connectivity index (χ0) is 14.5. The van der Waals surface area contributed by atoms with Gasteiger partial charge in [0.2, 0.25) is 5.89 Å². The van der Waals surface area contributed by atoms with Gasteiger partial charge in [0.15, 0.2) is 0 Å². The van der Waals surface area contributed by atoms with Crippen molar-refractivity contribution in [1.29, 1.82) is 0 Å². The molecule has 0 spiro atoms. The third-order valence-electron chi connectivity index (χ3n) is 3.82.